The van der Waals surface area contributed by atoms with Gasteiger partial charge in [0.1, 0.15) is 0 Å². The van der Waals surface area contributed by atoms with Crippen LogP contribution in [0.25, 0.3) is 56.0 Å². The first-order valence-corrected chi connectivity index (χ1v) is 23.6. The number of hydrogen-bond donors (Lipinski definition) is 0. The second kappa shape index (κ2) is 14.0. The van der Waals surface area contributed by atoms with E-state index >= 15 is 0 Å². The van der Waals surface area contributed by atoms with Crippen LogP contribution in [-0.2, 0) is 20.8 Å². The normalized spacial score (nSPS) is 16.3. The molecule has 0 N–H and O–H groups in total. The fraction of sp³-hybridized carbons (Fsp3) is 0.143. The third-order valence-corrected chi connectivity index (χ3v) is 11.1. The van der Waals surface area contributed by atoms with Gasteiger partial charge < -0.3 is 0 Å². The van der Waals surface area contributed by atoms with Crippen LogP contribution in [-0.4, -0.2) is 9.52 Å². The summed E-state index contributed by atoms with van der Waals surface area (Å²) in [6.45, 7) is 4.68. The van der Waals surface area contributed by atoms with Gasteiger partial charge in [-0.05, 0) is 79.9 Å². The summed E-state index contributed by atoms with van der Waals surface area (Å²) in [5, 5.41) is 5.27. The Morgan fingerprint density at radius 3 is 1.33 bits per heavy atom. The van der Waals surface area contributed by atoms with E-state index in [9.17, 15) is 0 Å². The van der Waals surface area contributed by atoms with Gasteiger partial charge in [-0.2, -0.15) is 0 Å². The molecule has 0 aromatic heterocycles. The maximum atomic E-state index is 4.93. The number of benzene rings is 6. The van der Waals surface area contributed by atoms with Crippen molar-refractivity contribution in [1.29, 1.82) is 0 Å². The Balaban J connectivity index is 0.00000109. The standard InChI is InChI=1S/C42H34Si.2ClH.Zr/c1-27-23-39-35(33-17-7-13-29-11-3-5-15-31(29)33)19-9-21-37(39)41(27)25-43-26-42-28(2)24-40-36(20-10-22-38(40)42)34-18-8-14-30-12-4-6-16-32(30)34;;;/h3-24,41-42H,25-26H2,1-2H3;2*1H;/q;;;+2/p-2. The minimum absolute atomic E-state index is 0.510. The van der Waals surface area contributed by atoms with Crippen LogP contribution in [0.4, 0.5) is 0 Å². The number of allylic oxidation sites excluding steroid dienone is 2. The third-order valence-electron chi connectivity index (χ3n) is 9.73. The molecule has 0 nitrogen and oxygen atoms in total. The predicted molar refractivity (Wildman–Crippen MR) is 199 cm³/mol. The first kappa shape index (κ1) is 31.6. The van der Waals surface area contributed by atoms with Crippen LogP contribution in [0.3, 0.4) is 0 Å². The van der Waals surface area contributed by atoms with Crippen LogP contribution in [0.1, 0.15) is 47.9 Å². The summed E-state index contributed by atoms with van der Waals surface area (Å²) in [4.78, 5) is 0. The van der Waals surface area contributed by atoms with Crippen LogP contribution in [0.15, 0.2) is 132 Å². The van der Waals surface area contributed by atoms with E-state index in [4.69, 9.17) is 17.0 Å². The van der Waals surface area contributed by atoms with Crippen molar-refractivity contribution >= 4 is 60.2 Å². The molecule has 8 rings (SSSR count). The van der Waals surface area contributed by atoms with Gasteiger partial charge in [0.25, 0.3) is 0 Å². The Morgan fingerprint density at radius 1 is 0.500 bits per heavy atom. The van der Waals surface area contributed by atoms with Crippen molar-refractivity contribution in [3.05, 3.63) is 155 Å². The van der Waals surface area contributed by atoms with Gasteiger partial charge in [0.05, 0.1) is 0 Å². The second-order valence-electron chi connectivity index (χ2n) is 12.3. The molecule has 2 aliphatic rings. The molecule has 0 spiro atoms. The summed E-state index contributed by atoms with van der Waals surface area (Å²) in [7, 11) is 10.8. The van der Waals surface area contributed by atoms with Crippen molar-refractivity contribution in [2.75, 3.05) is 0 Å². The molecule has 0 saturated carbocycles. The van der Waals surface area contributed by atoms with E-state index in [-0.39, 0.29) is 0 Å². The Bertz CT molecular complexity index is 1970. The fourth-order valence-electron chi connectivity index (χ4n) is 7.55. The van der Waals surface area contributed by atoms with E-state index in [1.54, 1.807) is 0 Å². The molecule has 0 amide bonds. The average molecular weight is 729 g/mol. The molecule has 0 aliphatic heterocycles. The van der Waals surface area contributed by atoms with Crippen LogP contribution >= 0.6 is 17.0 Å². The molecule has 0 fully saturated rings. The SMILES string of the molecule is CC1=Cc2c(-c3cccc4ccccc34)cccc2C1C[Si]CC1C(C)=Cc2c(-c3cccc4ccccc34)cccc21.[Cl][Zr][Cl]. The molecule has 2 aliphatic carbocycles. The molecule has 0 saturated heterocycles. The van der Waals surface area contributed by atoms with Crippen LogP contribution in [0, 0.1) is 0 Å². The quantitative estimate of drug-likeness (QED) is 0.150. The van der Waals surface area contributed by atoms with Crippen molar-refractivity contribution in [3.63, 3.8) is 0 Å². The van der Waals surface area contributed by atoms with Crippen LogP contribution < -0.4 is 0 Å². The zero-order chi connectivity index (χ0) is 31.6. The summed E-state index contributed by atoms with van der Waals surface area (Å²) in [6, 6.07) is 47.3. The van der Waals surface area contributed by atoms with E-state index in [0.717, 1.165) is 9.52 Å². The molecular weight excluding hydrogens is 695 g/mol. The third kappa shape index (κ3) is 5.95. The van der Waals surface area contributed by atoms with E-state index in [1.165, 1.54) is 89.3 Å². The van der Waals surface area contributed by atoms with Gasteiger partial charge in [-0.1, -0.05) is 157 Å². The van der Waals surface area contributed by atoms with Crippen LogP contribution in [0.5, 0.6) is 0 Å². The van der Waals surface area contributed by atoms with Gasteiger partial charge in [-0.25, -0.2) is 0 Å². The molecule has 2 radical (unpaired) electrons. The number of hydrogen-bond acceptors (Lipinski definition) is 0. The molecule has 0 heterocycles. The predicted octanol–water partition coefficient (Wildman–Crippen LogP) is 12.9. The Labute approximate surface area is 293 Å². The van der Waals surface area contributed by atoms with E-state index in [0.29, 0.717) is 11.8 Å². The van der Waals surface area contributed by atoms with Crippen molar-refractivity contribution < 1.29 is 20.8 Å². The first-order chi connectivity index (χ1) is 22.6. The van der Waals surface area contributed by atoms with Crippen molar-refractivity contribution in [2.45, 2.75) is 37.8 Å². The fourth-order valence-corrected chi connectivity index (χ4v) is 9.38. The molecule has 224 valence electrons. The monoisotopic (exact) mass is 726 g/mol. The topological polar surface area (TPSA) is 0 Å². The van der Waals surface area contributed by atoms with Crippen molar-refractivity contribution in [1.82, 2.24) is 0 Å². The molecule has 6 aromatic rings. The Morgan fingerprint density at radius 2 is 0.870 bits per heavy atom. The Kier molecular flexibility index (Phi) is 9.62. The van der Waals surface area contributed by atoms with Gasteiger partial charge >= 0.3 is 37.9 Å². The minimum atomic E-state index is -0.826. The van der Waals surface area contributed by atoms with E-state index in [1.807, 2.05) is 0 Å². The van der Waals surface area contributed by atoms with Gasteiger partial charge in [0.15, 0.2) is 0 Å². The van der Waals surface area contributed by atoms with E-state index in [2.05, 4.69) is 147 Å². The zero-order valence-corrected chi connectivity index (χ0v) is 31.0. The summed E-state index contributed by atoms with van der Waals surface area (Å²) < 4.78 is 0. The summed E-state index contributed by atoms with van der Waals surface area (Å²) in [6.07, 6.45) is 4.93. The summed E-state index contributed by atoms with van der Waals surface area (Å²) >= 11 is -0.826. The zero-order valence-electron chi connectivity index (χ0n) is 26.0. The summed E-state index contributed by atoms with van der Waals surface area (Å²) in [5.74, 6) is 1.02. The molecule has 4 heteroatoms. The van der Waals surface area contributed by atoms with Gasteiger partial charge in [0.2, 0.25) is 0 Å². The van der Waals surface area contributed by atoms with Gasteiger partial charge in [-0.15, -0.1) is 0 Å². The molecule has 6 aromatic carbocycles. The number of fused-ring (bicyclic) bond motifs is 4. The molecule has 2 atom stereocenters. The average Bonchev–Trinajstić information content (AvgIpc) is 3.59. The van der Waals surface area contributed by atoms with E-state index < -0.39 is 20.8 Å². The molecule has 46 heavy (non-hydrogen) atoms. The Hall–Kier alpha value is -3.00. The van der Waals surface area contributed by atoms with Crippen molar-refractivity contribution in [2.24, 2.45) is 0 Å². The van der Waals surface area contributed by atoms with Gasteiger partial charge in [0, 0.05) is 21.4 Å². The molecule has 0 bridgehead atoms. The molecule has 2 unspecified atom stereocenters. The van der Waals surface area contributed by atoms with Crippen LogP contribution in [0.2, 0.25) is 12.1 Å². The molecular formula is C42H34Cl2SiZr. The first-order valence-electron chi connectivity index (χ1n) is 15.8. The number of halogens is 2. The number of rotatable bonds is 6. The van der Waals surface area contributed by atoms with Gasteiger partial charge in [-0.3, -0.25) is 0 Å². The second-order valence-corrected chi connectivity index (χ2v) is 17.3. The van der Waals surface area contributed by atoms with Crippen molar-refractivity contribution in [3.8, 4) is 22.3 Å². The summed E-state index contributed by atoms with van der Waals surface area (Å²) in [5.41, 5.74) is 14.3. The maximum absolute atomic E-state index is 4.93.